The average Bonchev–Trinajstić information content (AvgIpc) is 2.98. The highest BCUT2D eigenvalue weighted by molar-refractivity contribution is 5.75. The number of ether oxygens (including phenoxy) is 2. The van der Waals surface area contributed by atoms with Crippen LogP contribution in [0.15, 0.2) is 84.9 Å². The Morgan fingerprint density at radius 2 is 1.42 bits per heavy atom. The minimum Gasteiger partial charge on any atom is -0.443 e. The zero-order valence-corrected chi connectivity index (χ0v) is 21.9. The molecule has 1 heterocycles. The van der Waals surface area contributed by atoms with Gasteiger partial charge >= 0.3 is 12.2 Å². The summed E-state index contributed by atoms with van der Waals surface area (Å²) >= 11 is 0. The van der Waals surface area contributed by atoms with Crippen molar-refractivity contribution in [3.8, 4) is 0 Å². The maximum atomic E-state index is 13.5. The van der Waals surface area contributed by atoms with Crippen LogP contribution in [0.2, 0.25) is 0 Å². The van der Waals surface area contributed by atoms with E-state index in [1.807, 2.05) is 67.6 Å². The summed E-state index contributed by atoms with van der Waals surface area (Å²) < 4.78 is 11.4. The monoisotopic (exact) mass is 513 g/mol. The fraction of sp³-hybridized carbons (Fsp3) is 0.355. The Morgan fingerprint density at radius 1 is 0.816 bits per heavy atom. The second kappa shape index (κ2) is 12.1. The molecule has 1 aliphatic heterocycles. The summed E-state index contributed by atoms with van der Waals surface area (Å²) in [7, 11) is 0. The van der Waals surface area contributed by atoms with E-state index in [0.29, 0.717) is 13.0 Å². The van der Waals surface area contributed by atoms with Crippen molar-refractivity contribution in [2.75, 3.05) is 13.2 Å². The Morgan fingerprint density at radius 3 is 2.08 bits per heavy atom. The first-order chi connectivity index (χ1) is 18.6. The average molecular weight is 514 g/mol. The van der Waals surface area contributed by atoms with Crippen molar-refractivity contribution >= 4 is 12.2 Å². The molecule has 1 aliphatic carbocycles. The van der Waals surface area contributed by atoms with Gasteiger partial charge in [0.1, 0.15) is 13.2 Å². The smallest absolute Gasteiger partial charge is 0.430 e. The summed E-state index contributed by atoms with van der Waals surface area (Å²) in [5.41, 5.74) is 4.46. The Labute approximate surface area is 224 Å². The second-order valence-electron chi connectivity index (χ2n) is 9.91. The summed E-state index contributed by atoms with van der Waals surface area (Å²) in [4.78, 5) is 29.3. The van der Waals surface area contributed by atoms with Gasteiger partial charge in [-0.3, -0.25) is 4.90 Å². The molecule has 0 aromatic heterocycles. The van der Waals surface area contributed by atoms with Crippen molar-refractivity contribution in [2.45, 2.75) is 57.9 Å². The minimum atomic E-state index is -0.558. The molecule has 2 amide bonds. The van der Waals surface area contributed by atoms with Crippen LogP contribution in [0.3, 0.4) is 0 Å². The molecule has 0 spiro atoms. The molecule has 2 unspecified atom stereocenters. The quantitative estimate of drug-likeness (QED) is 0.387. The molecule has 0 bridgehead atoms. The number of hydrazine groups is 1. The van der Waals surface area contributed by atoms with Crippen LogP contribution in [0.1, 0.15) is 54.5 Å². The standard InChI is InChI=1S/C31H35N3O4/c1-2-27-20-32(29-19-11-17-26-16-9-10-18-28(26)29)23-33(30(35)37-21-24-12-5-3-6-13-24)34(27)31(36)38-22-25-14-7-4-8-15-25/h3-10,12-16,18,27,29H,2,11,17,19-23H2,1H3. The first-order valence-corrected chi connectivity index (χ1v) is 13.4. The third-order valence-electron chi connectivity index (χ3n) is 7.42. The van der Waals surface area contributed by atoms with E-state index in [4.69, 9.17) is 9.47 Å². The van der Waals surface area contributed by atoms with Gasteiger partial charge in [-0.25, -0.2) is 14.6 Å². The van der Waals surface area contributed by atoms with E-state index >= 15 is 0 Å². The molecule has 1 fully saturated rings. The van der Waals surface area contributed by atoms with Gasteiger partial charge < -0.3 is 9.47 Å². The maximum Gasteiger partial charge on any atom is 0.430 e. The molecule has 2 aliphatic rings. The lowest BCUT2D eigenvalue weighted by Crippen LogP contribution is -2.65. The summed E-state index contributed by atoms with van der Waals surface area (Å²) in [5, 5.41) is 2.91. The lowest BCUT2D eigenvalue weighted by atomic mass is 9.86. The predicted molar refractivity (Wildman–Crippen MR) is 145 cm³/mol. The third kappa shape index (κ3) is 5.83. The van der Waals surface area contributed by atoms with Gasteiger partial charge in [0.2, 0.25) is 0 Å². The van der Waals surface area contributed by atoms with E-state index in [2.05, 4.69) is 29.2 Å². The zero-order valence-electron chi connectivity index (χ0n) is 21.9. The molecule has 38 heavy (non-hydrogen) atoms. The van der Waals surface area contributed by atoms with Crippen LogP contribution in [-0.2, 0) is 29.1 Å². The van der Waals surface area contributed by atoms with Crippen LogP contribution in [0.25, 0.3) is 0 Å². The molecule has 7 heteroatoms. The van der Waals surface area contributed by atoms with E-state index in [-0.39, 0.29) is 32.0 Å². The van der Waals surface area contributed by atoms with Crippen LogP contribution >= 0.6 is 0 Å². The molecule has 7 nitrogen and oxygen atoms in total. The molecule has 1 saturated heterocycles. The maximum absolute atomic E-state index is 13.5. The van der Waals surface area contributed by atoms with Crippen molar-refractivity contribution in [1.29, 1.82) is 0 Å². The number of hydrogen-bond donors (Lipinski definition) is 0. The highest BCUT2D eigenvalue weighted by atomic mass is 16.6. The molecule has 5 rings (SSSR count). The van der Waals surface area contributed by atoms with Crippen LogP contribution in [0.5, 0.6) is 0 Å². The molecular weight excluding hydrogens is 478 g/mol. The predicted octanol–water partition coefficient (Wildman–Crippen LogP) is 6.31. The summed E-state index contributed by atoms with van der Waals surface area (Å²) in [5.74, 6) is 0. The van der Waals surface area contributed by atoms with Gasteiger partial charge in [-0.05, 0) is 47.9 Å². The van der Waals surface area contributed by atoms with Gasteiger partial charge in [0.05, 0.1) is 12.7 Å². The number of rotatable bonds is 6. The molecule has 0 N–H and O–H groups in total. The number of carbonyl (C=O) groups is 2. The lowest BCUT2D eigenvalue weighted by Gasteiger charge is -2.49. The van der Waals surface area contributed by atoms with Crippen LogP contribution < -0.4 is 0 Å². The number of aryl methyl sites for hydroxylation is 1. The van der Waals surface area contributed by atoms with Gasteiger partial charge in [-0.2, -0.15) is 5.01 Å². The molecule has 0 saturated carbocycles. The summed E-state index contributed by atoms with van der Waals surface area (Å²) in [6.45, 7) is 3.21. The number of benzene rings is 3. The molecule has 198 valence electrons. The van der Waals surface area contributed by atoms with E-state index in [1.54, 1.807) is 0 Å². The third-order valence-corrected chi connectivity index (χ3v) is 7.42. The van der Waals surface area contributed by atoms with E-state index in [9.17, 15) is 9.59 Å². The fourth-order valence-electron chi connectivity index (χ4n) is 5.45. The SMILES string of the molecule is CCC1CN(C2CCCc3ccccc32)CN(C(=O)OCc2ccccc2)N1C(=O)OCc1ccccc1. The topological polar surface area (TPSA) is 62.3 Å². The van der Waals surface area contributed by atoms with Gasteiger partial charge in [0.15, 0.2) is 0 Å². The highest BCUT2D eigenvalue weighted by Crippen LogP contribution is 2.36. The lowest BCUT2D eigenvalue weighted by molar-refractivity contribution is -0.121. The van der Waals surface area contributed by atoms with Gasteiger partial charge in [0.25, 0.3) is 0 Å². The molecule has 2 atom stereocenters. The first kappa shape index (κ1) is 25.8. The normalized spacial score (nSPS) is 19.5. The number of amides is 2. The number of nitrogens with zero attached hydrogens (tertiary/aromatic N) is 3. The Bertz CT molecular complexity index is 1220. The number of carbonyl (C=O) groups excluding carboxylic acids is 2. The van der Waals surface area contributed by atoms with E-state index in [0.717, 1.165) is 30.4 Å². The Balaban J connectivity index is 1.38. The Hall–Kier alpha value is -3.84. The fourth-order valence-corrected chi connectivity index (χ4v) is 5.45. The first-order valence-electron chi connectivity index (χ1n) is 13.4. The molecule has 0 radical (unpaired) electrons. The van der Waals surface area contributed by atoms with Gasteiger partial charge in [-0.15, -0.1) is 0 Å². The molecular formula is C31H35N3O4. The van der Waals surface area contributed by atoms with Crippen molar-refractivity contribution in [2.24, 2.45) is 0 Å². The number of fused-ring (bicyclic) bond motifs is 1. The summed E-state index contributed by atoms with van der Waals surface area (Å²) in [6, 6.07) is 27.6. The van der Waals surface area contributed by atoms with Gasteiger partial charge in [0, 0.05) is 12.6 Å². The highest BCUT2D eigenvalue weighted by Gasteiger charge is 2.42. The van der Waals surface area contributed by atoms with Crippen molar-refractivity contribution in [1.82, 2.24) is 14.9 Å². The van der Waals surface area contributed by atoms with Crippen LogP contribution in [-0.4, -0.2) is 46.4 Å². The van der Waals surface area contributed by atoms with E-state index in [1.165, 1.54) is 21.1 Å². The number of hydrogen-bond acceptors (Lipinski definition) is 5. The van der Waals surface area contributed by atoms with Gasteiger partial charge in [-0.1, -0.05) is 91.9 Å². The van der Waals surface area contributed by atoms with Crippen molar-refractivity contribution in [3.05, 3.63) is 107 Å². The molecule has 3 aromatic rings. The van der Waals surface area contributed by atoms with E-state index < -0.39 is 12.2 Å². The Kier molecular flexibility index (Phi) is 8.24. The van der Waals surface area contributed by atoms with Crippen LogP contribution in [0, 0.1) is 0 Å². The zero-order chi connectivity index (χ0) is 26.3. The largest absolute Gasteiger partial charge is 0.443 e. The van der Waals surface area contributed by atoms with Crippen molar-refractivity contribution < 1.29 is 19.1 Å². The molecule has 3 aromatic carbocycles. The van der Waals surface area contributed by atoms with Crippen LogP contribution in [0.4, 0.5) is 9.59 Å². The second-order valence-corrected chi connectivity index (χ2v) is 9.91. The van der Waals surface area contributed by atoms with Crippen molar-refractivity contribution in [3.63, 3.8) is 0 Å². The minimum absolute atomic E-state index is 0.131. The summed E-state index contributed by atoms with van der Waals surface area (Å²) in [6.07, 6.45) is 2.75.